The average molecular weight is 426 g/mol. The Labute approximate surface area is 180 Å². The first-order chi connectivity index (χ1) is 14.7. The van der Waals surface area contributed by atoms with Crippen molar-refractivity contribution in [2.24, 2.45) is 16.5 Å². The molecule has 6 N–H and O–H groups in total. The monoisotopic (exact) mass is 426 g/mol. The molecule has 2 amide bonds. The van der Waals surface area contributed by atoms with Gasteiger partial charge in [0, 0.05) is 24.2 Å². The van der Waals surface area contributed by atoms with Crippen LogP contribution in [0.5, 0.6) is 17.2 Å². The van der Waals surface area contributed by atoms with Crippen molar-refractivity contribution in [2.45, 2.75) is 26.1 Å². The van der Waals surface area contributed by atoms with E-state index in [0.29, 0.717) is 22.8 Å². The van der Waals surface area contributed by atoms with Crippen LogP contribution >= 0.6 is 0 Å². The van der Waals surface area contributed by atoms with Gasteiger partial charge in [-0.2, -0.15) is 4.99 Å². The van der Waals surface area contributed by atoms with Gasteiger partial charge in [0.15, 0.2) is 0 Å². The molecular formula is C22H26N4O5. The van der Waals surface area contributed by atoms with Gasteiger partial charge in [0.2, 0.25) is 5.91 Å². The molecule has 164 valence electrons. The maximum absolute atomic E-state index is 12.6. The lowest BCUT2D eigenvalue weighted by molar-refractivity contribution is 0.0602. The van der Waals surface area contributed by atoms with Gasteiger partial charge in [0.1, 0.15) is 29.2 Å². The van der Waals surface area contributed by atoms with Gasteiger partial charge in [-0.3, -0.25) is 9.59 Å². The van der Waals surface area contributed by atoms with Crippen LogP contribution in [0.1, 0.15) is 34.6 Å². The van der Waals surface area contributed by atoms with Crippen LogP contribution in [0, 0.1) is 0 Å². The van der Waals surface area contributed by atoms with Crippen molar-refractivity contribution in [1.29, 1.82) is 0 Å². The zero-order chi connectivity index (χ0) is 23.0. The van der Waals surface area contributed by atoms with Gasteiger partial charge in [0.05, 0.1) is 6.10 Å². The van der Waals surface area contributed by atoms with Gasteiger partial charge in [-0.15, -0.1) is 0 Å². The Morgan fingerprint density at radius 1 is 1.03 bits per heavy atom. The van der Waals surface area contributed by atoms with Crippen LogP contribution in [-0.2, 0) is 0 Å². The zero-order valence-corrected chi connectivity index (χ0v) is 17.5. The molecule has 0 radical (unpaired) electrons. The molecule has 0 heterocycles. The van der Waals surface area contributed by atoms with Gasteiger partial charge < -0.3 is 31.4 Å². The van der Waals surface area contributed by atoms with Gasteiger partial charge in [-0.05, 0) is 62.5 Å². The molecule has 0 aliphatic carbocycles. The number of nitrogens with two attached hydrogens (primary N) is 2. The molecule has 2 unspecified atom stereocenters. The van der Waals surface area contributed by atoms with E-state index in [1.165, 1.54) is 30.3 Å². The van der Waals surface area contributed by atoms with Crippen molar-refractivity contribution in [1.82, 2.24) is 5.32 Å². The molecule has 9 heteroatoms. The molecular weight excluding hydrogens is 400 g/mol. The first kappa shape index (κ1) is 23.4. The summed E-state index contributed by atoms with van der Waals surface area (Å²) in [7, 11) is 1.69. The quantitative estimate of drug-likeness (QED) is 0.354. The smallest absolute Gasteiger partial charge is 0.279 e. The van der Waals surface area contributed by atoms with Gasteiger partial charge in [-0.25, -0.2) is 0 Å². The van der Waals surface area contributed by atoms with Crippen LogP contribution in [0.2, 0.25) is 0 Å². The van der Waals surface area contributed by atoms with E-state index in [4.69, 9.17) is 20.9 Å². The fourth-order valence-electron chi connectivity index (χ4n) is 2.35. The van der Waals surface area contributed by atoms with Crippen LogP contribution in [0.25, 0.3) is 0 Å². The molecule has 0 aliphatic heterocycles. The molecule has 0 spiro atoms. The Morgan fingerprint density at radius 3 is 2.26 bits per heavy atom. The number of amidine groups is 1. The number of hydrogen-bond donors (Lipinski definition) is 4. The summed E-state index contributed by atoms with van der Waals surface area (Å²) in [6.07, 6.45) is 1.73. The normalized spacial score (nSPS) is 13.5. The van der Waals surface area contributed by atoms with Crippen LogP contribution in [0.4, 0.5) is 0 Å². The minimum Gasteiger partial charge on any atom is -0.488 e. The highest BCUT2D eigenvalue weighted by atomic mass is 16.5. The Hall–Kier alpha value is -3.85. The van der Waals surface area contributed by atoms with E-state index < -0.39 is 24.0 Å². The maximum Gasteiger partial charge on any atom is 0.279 e. The number of benzene rings is 2. The van der Waals surface area contributed by atoms with Crippen molar-refractivity contribution in [3.05, 3.63) is 65.9 Å². The second kappa shape index (κ2) is 10.8. The van der Waals surface area contributed by atoms with E-state index in [0.717, 1.165) is 0 Å². The van der Waals surface area contributed by atoms with Crippen molar-refractivity contribution >= 4 is 17.6 Å². The van der Waals surface area contributed by atoms with Gasteiger partial charge >= 0.3 is 0 Å². The summed E-state index contributed by atoms with van der Waals surface area (Å²) in [4.78, 5) is 27.6. The Morgan fingerprint density at radius 2 is 1.68 bits per heavy atom. The molecule has 0 aromatic heterocycles. The van der Waals surface area contributed by atoms with E-state index in [-0.39, 0.29) is 11.4 Å². The number of aliphatic imine (C=N–C) groups is 1. The molecule has 0 saturated heterocycles. The third-order valence-electron chi connectivity index (χ3n) is 4.15. The summed E-state index contributed by atoms with van der Waals surface area (Å²) in [5.74, 6) is -0.101. The first-order valence-electron chi connectivity index (χ1n) is 9.49. The molecule has 0 saturated carbocycles. The highest BCUT2D eigenvalue weighted by Crippen LogP contribution is 2.29. The number of carbonyl (C=O) groups excluding carboxylic acids is 2. The van der Waals surface area contributed by atoms with E-state index in [2.05, 4.69) is 10.3 Å². The Bertz CT molecular complexity index is 984. The van der Waals surface area contributed by atoms with Crippen LogP contribution in [0.15, 0.2) is 59.7 Å². The lowest BCUT2D eigenvalue weighted by Gasteiger charge is -2.18. The number of amides is 2. The fourth-order valence-corrected chi connectivity index (χ4v) is 2.35. The number of nitrogens with zero attached hydrogens (tertiary/aromatic N) is 1. The number of ether oxygens (including phenoxy) is 2. The predicted molar refractivity (Wildman–Crippen MR) is 117 cm³/mol. The fraction of sp³-hybridized carbons (Fsp3) is 0.227. The minimum atomic E-state index is -0.731. The first-order valence-corrected chi connectivity index (χ1v) is 9.49. The standard InChI is InChI=1S/C22H26N4O5/c1-13(27)14(2)30-18-10-16(22(29)26-20(23)8-9-25-3)11-19(12-18)31-17-6-4-15(5-7-17)21(24)28/h4-14,25,27H,1-3H3,(H2,24,28)(H2,23,26,29)/b9-8-. The predicted octanol–water partition coefficient (Wildman–Crippen LogP) is 1.96. The molecule has 2 aromatic carbocycles. The molecule has 9 nitrogen and oxygen atoms in total. The van der Waals surface area contributed by atoms with Crippen LogP contribution in [-0.4, -0.2) is 42.0 Å². The number of aliphatic hydroxyl groups is 1. The van der Waals surface area contributed by atoms with E-state index in [9.17, 15) is 14.7 Å². The van der Waals surface area contributed by atoms with Crippen LogP contribution in [0.3, 0.4) is 0 Å². The minimum absolute atomic E-state index is 0.0209. The molecule has 2 atom stereocenters. The maximum atomic E-state index is 12.6. The number of hydrogen-bond acceptors (Lipinski definition) is 6. The largest absolute Gasteiger partial charge is 0.488 e. The summed E-state index contributed by atoms with van der Waals surface area (Å²) in [5.41, 5.74) is 11.5. The summed E-state index contributed by atoms with van der Waals surface area (Å²) < 4.78 is 11.5. The number of primary amides is 1. The molecule has 0 fully saturated rings. The third kappa shape index (κ3) is 7.16. The second-order valence-electron chi connectivity index (χ2n) is 6.71. The molecule has 0 bridgehead atoms. The number of rotatable bonds is 9. The van der Waals surface area contributed by atoms with Crippen molar-refractivity contribution in [3.8, 4) is 17.2 Å². The highest BCUT2D eigenvalue weighted by molar-refractivity contribution is 6.06. The van der Waals surface area contributed by atoms with E-state index in [1.807, 2.05) is 0 Å². The summed E-state index contributed by atoms with van der Waals surface area (Å²) in [6, 6.07) is 10.8. The topological polar surface area (TPSA) is 149 Å². The SMILES string of the molecule is CN/C=C\C(N)=NC(=O)c1cc(Oc2ccc(C(N)=O)cc2)cc(OC(C)C(C)O)c1. The van der Waals surface area contributed by atoms with Crippen molar-refractivity contribution in [3.63, 3.8) is 0 Å². The zero-order valence-electron chi connectivity index (χ0n) is 17.5. The summed E-state index contributed by atoms with van der Waals surface area (Å²) >= 11 is 0. The van der Waals surface area contributed by atoms with E-state index >= 15 is 0 Å². The van der Waals surface area contributed by atoms with E-state index in [1.54, 1.807) is 45.3 Å². The summed E-state index contributed by atoms with van der Waals surface area (Å²) in [5, 5.41) is 12.5. The third-order valence-corrected chi connectivity index (χ3v) is 4.15. The Kier molecular flexibility index (Phi) is 8.16. The van der Waals surface area contributed by atoms with Gasteiger partial charge in [0.25, 0.3) is 5.91 Å². The average Bonchev–Trinajstić information content (AvgIpc) is 2.72. The van der Waals surface area contributed by atoms with Crippen LogP contribution < -0.4 is 26.3 Å². The van der Waals surface area contributed by atoms with Crippen molar-refractivity contribution in [2.75, 3.05) is 7.05 Å². The van der Waals surface area contributed by atoms with Crippen molar-refractivity contribution < 1.29 is 24.2 Å². The molecule has 2 rings (SSSR count). The number of aliphatic hydroxyl groups excluding tert-OH is 1. The number of nitrogens with one attached hydrogen (secondary N) is 1. The summed E-state index contributed by atoms with van der Waals surface area (Å²) in [6.45, 7) is 3.29. The van der Waals surface area contributed by atoms with Gasteiger partial charge in [-0.1, -0.05) is 0 Å². The molecule has 2 aromatic rings. The number of carbonyl (C=O) groups is 2. The lowest BCUT2D eigenvalue weighted by Crippen LogP contribution is -2.25. The Balaban J connectivity index is 2.37. The molecule has 31 heavy (non-hydrogen) atoms. The second-order valence-corrected chi connectivity index (χ2v) is 6.71. The lowest BCUT2D eigenvalue weighted by atomic mass is 10.1. The molecule has 0 aliphatic rings. The highest BCUT2D eigenvalue weighted by Gasteiger charge is 2.15.